The summed E-state index contributed by atoms with van der Waals surface area (Å²) in [7, 11) is 2.04. The van der Waals surface area contributed by atoms with E-state index in [2.05, 4.69) is 21.8 Å². The highest BCUT2D eigenvalue weighted by Gasteiger charge is 2.06. The molecule has 0 saturated carbocycles. The zero-order chi connectivity index (χ0) is 11.5. The lowest BCUT2D eigenvalue weighted by Gasteiger charge is -2.04. The molecule has 0 aliphatic carbocycles. The molecule has 2 rings (SSSR count). The maximum Gasteiger partial charge on any atom is 0.122 e. The van der Waals surface area contributed by atoms with E-state index in [0.717, 1.165) is 30.4 Å². The van der Waals surface area contributed by atoms with Crippen LogP contribution in [-0.4, -0.2) is 9.55 Å². The van der Waals surface area contributed by atoms with Gasteiger partial charge in [-0.05, 0) is 26.0 Å². The van der Waals surface area contributed by atoms with E-state index < -0.39 is 0 Å². The van der Waals surface area contributed by atoms with E-state index in [1.165, 1.54) is 5.69 Å². The quantitative estimate of drug-likeness (QED) is 0.854. The lowest BCUT2D eigenvalue weighted by Crippen LogP contribution is -2.15. The topological polar surface area (TPSA) is 43.0 Å². The van der Waals surface area contributed by atoms with Gasteiger partial charge in [-0.1, -0.05) is 0 Å². The highest BCUT2D eigenvalue weighted by molar-refractivity contribution is 5.13. The Labute approximate surface area is 95.3 Å². The minimum Gasteiger partial charge on any atom is -0.468 e. The van der Waals surface area contributed by atoms with Gasteiger partial charge in [0.15, 0.2) is 0 Å². The van der Waals surface area contributed by atoms with E-state index in [-0.39, 0.29) is 0 Å². The summed E-state index contributed by atoms with van der Waals surface area (Å²) >= 11 is 0. The number of imidazole rings is 1. The number of nitrogens with one attached hydrogen (secondary N) is 1. The fourth-order valence-corrected chi connectivity index (χ4v) is 1.65. The van der Waals surface area contributed by atoms with Gasteiger partial charge < -0.3 is 14.3 Å². The third-order valence-corrected chi connectivity index (χ3v) is 2.87. The average molecular weight is 219 g/mol. The third kappa shape index (κ3) is 2.17. The van der Waals surface area contributed by atoms with E-state index in [9.17, 15) is 0 Å². The molecule has 0 fully saturated rings. The van der Waals surface area contributed by atoms with Gasteiger partial charge in [0.25, 0.3) is 0 Å². The zero-order valence-corrected chi connectivity index (χ0v) is 9.95. The molecule has 0 aliphatic heterocycles. The van der Waals surface area contributed by atoms with E-state index in [1.54, 1.807) is 6.26 Å². The van der Waals surface area contributed by atoms with Crippen molar-refractivity contribution >= 4 is 0 Å². The molecule has 0 aromatic carbocycles. The van der Waals surface area contributed by atoms with Crippen LogP contribution in [0.1, 0.15) is 23.0 Å². The third-order valence-electron chi connectivity index (χ3n) is 2.87. The molecule has 86 valence electrons. The first-order chi connectivity index (χ1) is 7.68. The van der Waals surface area contributed by atoms with Crippen molar-refractivity contribution in [2.75, 3.05) is 0 Å². The first-order valence-electron chi connectivity index (χ1n) is 5.40. The van der Waals surface area contributed by atoms with Crippen LogP contribution in [0.15, 0.2) is 22.8 Å². The Bertz CT molecular complexity index is 457. The highest BCUT2D eigenvalue weighted by atomic mass is 16.3. The molecule has 0 bridgehead atoms. The molecule has 0 amide bonds. The van der Waals surface area contributed by atoms with Crippen molar-refractivity contribution in [1.29, 1.82) is 0 Å². The number of hydrogen-bond donors (Lipinski definition) is 1. The summed E-state index contributed by atoms with van der Waals surface area (Å²) < 4.78 is 7.36. The summed E-state index contributed by atoms with van der Waals surface area (Å²) in [5.74, 6) is 2.00. The van der Waals surface area contributed by atoms with Gasteiger partial charge in [0.05, 0.1) is 25.0 Å². The minimum absolute atomic E-state index is 0.734. The lowest BCUT2D eigenvalue weighted by molar-refractivity contribution is 0.478. The second-order valence-electron chi connectivity index (χ2n) is 3.94. The second-order valence-corrected chi connectivity index (χ2v) is 3.94. The summed E-state index contributed by atoms with van der Waals surface area (Å²) in [6.07, 6.45) is 1.69. The van der Waals surface area contributed by atoms with Crippen LogP contribution in [0.5, 0.6) is 0 Å². The fraction of sp³-hybridized carbons (Fsp3) is 0.417. The minimum atomic E-state index is 0.734. The van der Waals surface area contributed by atoms with Crippen LogP contribution in [0.2, 0.25) is 0 Å². The van der Waals surface area contributed by atoms with Crippen LogP contribution in [0.25, 0.3) is 0 Å². The molecule has 4 heteroatoms. The Balaban J connectivity index is 1.92. The predicted molar refractivity (Wildman–Crippen MR) is 61.9 cm³/mol. The largest absolute Gasteiger partial charge is 0.468 e. The molecule has 0 aliphatic rings. The molecule has 0 atom stereocenters. The van der Waals surface area contributed by atoms with Gasteiger partial charge in [0.1, 0.15) is 11.6 Å². The van der Waals surface area contributed by atoms with Crippen molar-refractivity contribution in [3.63, 3.8) is 0 Å². The Morgan fingerprint density at radius 3 is 2.75 bits per heavy atom. The standard InChI is InChI=1S/C12H17N3O/c1-9-10(2)15(3)12(14-9)8-13-7-11-5-4-6-16-11/h4-6,13H,7-8H2,1-3H3. The lowest BCUT2D eigenvalue weighted by atomic mass is 10.4. The van der Waals surface area contributed by atoms with Gasteiger partial charge in [0, 0.05) is 12.7 Å². The second kappa shape index (κ2) is 4.53. The van der Waals surface area contributed by atoms with Crippen molar-refractivity contribution in [3.8, 4) is 0 Å². The van der Waals surface area contributed by atoms with E-state index in [4.69, 9.17) is 4.42 Å². The summed E-state index contributed by atoms with van der Waals surface area (Å²) in [5, 5.41) is 3.31. The van der Waals surface area contributed by atoms with Gasteiger partial charge >= 0.3 is 0 Å². The SMILES string of the molecule is Cc1nc(CNCc2ccco2)n(C)c1C. The summed E-state index contributed by atoms with van der Waals surface area (Å²) in [6, 6.07) is 3.86. The van der Waals surface area contributed by atoms with E-state index >= 15 is 0 Å². The van der Waals surface area contributed by atoms with E-state index in [1.807, 2.05) is 26.1 Å². The normalized spacial score (nSPS) is 10.9. The summed E-state index contributed by atoms with van der Waals surface area (Å²) in [5.41, 5.74) is 2.31. The molecule has 2 aromatic rings. The van der Waals surface area contributed by atoms with Crippen molar-refractivity contribution in [1.82, 2.24) is 14.9 Å². The van der Waals surface area contributed by atoms with Crippen LogP contribution in [0.3, 0.4) is 0 Å². The Morgan fingerprint density at radius 2 is 2.19 bits per heavy atom. The number of hydrogen-bond acceptors (Lipinski definition) is 3. The number of rotatable bonds is 4. The van der Waals surface area contributed by atoms with E-state index in [0.29, 0.717) is 0 Å². The maximum atomic E-state index is 5.24. The number of aryl methyl sites for hydroxylation is 1. The van der Waals surface area contributed by atoms with Crippen LogP contribution in [0, 0.1) is 13.8 Å². The summed E-state index contributed by atoms with van der Waals surface area (Å²) in [6.45, 7) is 5.60. The molecule has 2 aromatic heterocycles. The molecule has 4 nitrogen and oxygen atoms in total. The van der Waals surface area contributed by atoms with Crippen LogP contribution in [0.4, 0.5) is 0 Å². The van der Waals surface area contributed by atoms with Gasteiger partial charge in [-0.2, -0.15) is 0 Å². The molecule has 2 heterocycles. The average Bonchev–Trinajstić information content (AvgIpc) is 2.85. The number of aromatic nitrogens is 2. The Morgan fingerprint density at radius 1 is 1.38 bits per heavy atom. The monoisotopic (exact) mass is 219 g/mol. The van der Waals surface area contributed by atoms with Crippen LogP contribution < -0.4 is 5.32 Å². The highest BCUT2D eigenvalue weighted by Crippen LogP contribution is 2.07. The molecule has 1 N–H and O–H groups in total. The van der Waals surface area contributed by atoms with Crippen LogP contribution in [-0.2, 0) is 20.1 Å². The summed E-state index contributed by atoms with van der Waals surface area (Å²) in [4.78, 5) is 4.50. The van der Waals surface area contributed by atoms with Crippen LogP contribution >= 0.6 is 0 Å². The molecule has 16 heavy (non-hydrogen) atoms. The van der Waals surface area contributed by atoms with Crippen molar-refractivity contribution in [3.05, 3.63) is 41.4 Å². The molecule has 0 unspecified atom stereocenters. The molecule has 0 radical (unpaired) electrons. The molecular formula is C12H17N3O. The molecule has 0 saturated heterocycles. The predicted octanol–water partition coefficient (Wildman–Crippen LogP) is 1.92. The first kappa shape index (κ1) is 11.0. The fourth-order valence-electron chi connectivity index (χ4n) is 1.65. The van der Waals surface area contributed by atoms with Crippen molar-refractivity contribution in [2.24, 2.45) is 7.05 Å². The maximum absolute atomic E-state index is 5.24. The smallest absolute Gasteiger partial charge is 0.122 e. The van der Waals surface area contributed by atoms with Gasteiger partial charge in [0.2, 0.25) is 0 Å². The Hall–Kier alpha value is -1.55. The number of furan rings is 1. The first-order valence-corrected chi connectivity index (χ1v) is 5.40. The van der Waals surface area contributed by atoms with Gasteiger partial charge in [-0.25, -0.2) is 4.98 Å². The Kier molecular flexibility index (Phi) is 3.10. The van der Waals surface area contributed by atoms with Crippen molar-refractivity contribution in [2.45, 2.75) is 26.9 Å². The number of nitrogens with zero attached hydrogens (tertiary/aromatic N) is 2. The molecular weight excluding hydrogens is 202 g/mol. The zero-order valence-electron chi connectivity index (χ0n) is 9.95. The molecule has 0 spiro atoms. The van der Waals surface area contributed by atoms with Crippen molar-refractivity contribution < 1.29 is 4.42 Å². The van der Waals surface area contributed by atoms with Gasteiger partial charge in [-0.3, -0.25) is 0 Å². The van der Waals surface area contributed by atoms with Gasteiger partial charge in [-0.15, -0.1) is 0 Å².